The molecule has 0 bridgehead atoms. The second kappa shape index (κ2) is 11.0. The minimum atomic E-state index is -3.48. The molecule has 0 aliphatic rings. The number of sulfone groups is 1. The van der Waals surface area contributed by atoms with Crippen LogP contribution in [0.2, 0.25) is 0 Å². The molecule has 2 aromatic carbocycles. The van der Waals surface area contributed by atoms with Gasteiger partial charge in [0.25, 0.3) is 0 Å². The van der Waals surface area contributed by atoms with Crippen LogP contribution in [0.4, 0.5) is 11.4 Å². The van der Waals surface area contributed by atoms with Gasteiger partial charge in [0.05, 0.1) is 22.0 Å². The first kappa shape index (κ1) is 25.2. The smallest absolute Gasteiger partial charge is 0.178 e. The van der Waals surface area contributed by atoms with Gasteiger partial charge in [-0.2, -0.15) is 0 Å². The molecule has 0 aliphatic heterocycles. The van der Waals surface area contributed by atoms with Crippen LogP contribution in [-0.4, -0.2) is 38.1 Å². The largest absolute Gasteiger partial charge is 0.397 e. The van der Waals surface area contributed by atoms with Crippen molar-refractivity contribution in [3.05, 3.63) is 54.1 Å². The van der Waals surface area contributed by atoms with Crippen LogP contribution < -0.4 is 16.4 Å². The Hall–Kier alpha value is -2.09. The maximum absolute atomic E-state index is 12.9. The van der Waals surface area contributed by atoms with Crippen molar-refractivity contribution in [2.24, 2.45) is 11.8 Å². The van der Waals surface area contributed by atoms with Crippen LogP contribution in [0.3, 0.4) is 0 Å². The van der Waals surface area contributed by atoms with Crippen LogP contribution in [0.15, 0.2) is 53.4 Å². The normalized spacial score (nSPS) is 14.9. The van der Waals surface area contributed by atoms with Crippen LogP contribution in [0, 0.1) is 11.8 Å². The van der Waals surface area contributed by atoms with E-state index in [1.54, 1.807) is 25.1 Å². The molecule has 172 valence electrons. The third-order valence-corrected chi connectivity index (χ3v) is 7.14. The summed E-state index contributed by atoms with van der Waals surface area (Å²) in [5.41, 5.74) is 7.26. The van der Waals surface area contributed by atoms with Gasteiger partial charge in [-0.05, 0) is 55.4 Å². The molecular weight excluding hydrogens is 410 g/mol. The molecule has 6 nitrogen and oxygen atoms in total. The molecule has 0 saturated heterocycles. The Balaban J connectivity index is 1.93. The molecule has 5 N–H and O–H groups in total. The monoisotopic (exact) mass is 447 g/mol. The molecule has 0 aliphatic carbocycles. The van der Waals surface area contributed by atoms with Crippen LogP contribution in [0.1, 0.15) is 39.7 Å². The highest BCUT2D eigenvalue weighted by Gasteiger charge is 2.24. The first-order valence-corrected chi connectivity index (χ1v) is 12.5. The van der Waals surface area contributed by atoms with E-state index in [9.17, 15) is 13.5 Å². The lowest BCUT2D eigenvalue weighted by atomic mass is 10.0. The lowest BCUT2D eigenvalue weighted by Crippen LogP contribution is -2.45. The van der Waals surface area contributed by atoms with E-state index < -0.39 is 15.6 Å². The van der Waals surface area contributed by atoms with E-state index >= 15 is 0 Å². The quantitative estimate of drug-likeness (QED) is 0.292. The highest BCUT2D eigenvalue weighted by molar-refractivity contribution is 7.91. The minimum Gasteiger partial charge on any atom is -0.397 e. The predicted molar refractivity (Wildman–Crippen MR) is 129 cm³/mol. The van der Waals surface area contributed by atoms with Gasteiger partial charge in [-0.15, -0.1) is 0 Å². The molecule has 1 unspecified atom stereocenters. The molecule has 0 fully saturated rings. The van der Waals surface area contributed by atoms with Crippen molar-refractivity contribution < 1.29 is 13.5 Å². The van der Waals surface area contributed by atoms with Crippen molar-refractivity contribution in [3.63, 3.8) is 0 Å². The van der Waals surface area contributed by atoms with Crippen LogP contribution in [-0.2, 0) is 16.3 Å². The van der Waals surface area contributed by atoms with Crippen molar-refractivity contribution >= 4 is 21.2 Å². The summed E-state index contributed by atoms with van der Waals surface area (Å²) in [5.74, 6) is 0.237. The fraction of sp³-hybridized carbons (Fsp3) is 0.500. The lowest BCUT2D eigenvalue weighted by molar-refractivity contribution is 0.0135. The van der Waals surface area contributed by atoms with Crippen molar-refractivity contribution in [1.29, 1.82) is 0 Å². The summed E-state index contributed by atoms with van der Waals surface area (Å²) in [6.07, 6.45) is 1.28. The minimum absolute atomic E-state index is 0.0116. The zero-order valence-electron chi connectivity index (χ0n) is 19.1. The average molecular weight is 448 g/mol. The van der Waals surface area contributed by atoms with Crippen molar-refractivity contribution in [3.8, 4) is 0 Å². The number of nitrogen functional groups attached to an aromatic ring is 1. The standard InChI is InChI=1S/C24H37N3O3S/c1-18(2)15-26-23-14-21(10-11-22(23)25)31(29,30)17-19(3)16-27-24(4,28)13-12-20-8-6-5-7-9-20/h5-11,14,18-19,26-28H,12-13,15-17,25H2,1-4H3/t19-,24?/m1/s1. The molecule has 0 amide bonds. The first-order valence-electron chi connectivity index (χ1n) is 10.9. The molecule has 2 rings (SSSR count). The van der Waals surface area contributed by atoms with E-state index in [1.165, 1.54) is 0 Å². The fourth-order valence-corrected chi connectivity index (χ4v) is 4.87. The Kier molecular flexibility index (Phi) is 8.91. The number of rotatable bonds is 12. The molecule has 0 spiro atoms. The summed E-state index contributed by atoms with van der Waals surface area (Å²) < 4.78 is 25.8. The van der Waals surface area contributed by atoms with Crippen LogP contribution >= 0.6 is 0 Å². The number of aliphatic hydroxyl groups is 1. The number of benzene rings is 2. The number of anilines is 2. The highest BCUT2D eigenvalue weighted by atomic mass is 32.2. The molecular formula is C24H37N3O3S. The maximum atomic E-state index is 12.9. The summed E-state index contributed by atoms with van der Waals surface area (Å²) in [7, 11) is -3.48. The van der Waals surface area contributed by atoms with Gasteiger partial charge in [-0.1, -0.05) is 51.1 Å². The first-order chi connectivity index (χ1) is 14.5. The van der Waals surface area contributed by atoms with E-state index in [1.807, 2.05) is 37.3 Å². The summed E-state index contributed by atoms with van der Waals surface area (Å²) in [5, 5.41) is 17.0. The summed E-state index contributed by atoms with van der Waals surface area (Å²) in [4.78, 5) is 0.260. The Morgan fingerprint density at radius 1 is 1.06 bits per heavy atom. The topological polar surface area (TPSA) is 104 Å². The number of nitrogens with one attached hydrogen (secondary N) is 2. The third kappa shape index (κ3) is 8.51. The van der Waals surface area contributed by atoms with Gasteiger partial charge in [-0.3, -0.25) is 5.32 Å². The molecule has 0 aromatic heterocycles. The molecule has 31 heavy (non-hydrogen) atoms. The van der Waals surface area contributed by atoms with E-state index in [4.69, 9.17) is 5.73 Å². The van der Waals surface area contributed by atoms with Crippen molar-refractivity contribution in [2.75, 3.05) is 29.9 Å². The Bertz CT molecular complexity index is 928. The molecule has 2 aromatic rings. The van der Waals surface area contributed by atoms with E-state index in [0.717, 1.165) is 12.0 Å². The Morgan fingerprint density at radius 3 is 2.39 bits per heavy atom. The second-order valence-corrected chi connectivity index (χ2v) is 11.1. The fourth-order valence-electron chi connectivity index (χ4n) is 3.24. The Labute approximate surface area is 187 Å². The third-order valence-electron chi connectivity index (χ3n) is 5.16. The van der Waals surface area contributed by atoms with E-state index in [-0.39, 0.29) is 16.6 Å². The summed E-state index contributed by atoms with van der Waals surface area (Å²) in [6.45, 7) is 8.86. The number of hydrogen-bond donors (Lipinski definition) is 4. The summed E-state index contributed by atoms with van der Waals surface area (Å²) in [6, 6.07) is 14.8. The summed E-state index contributed by atoms with van der Waals surface area (Å²) >= 11 is 0. The zero-order chi connectivity index (χ0) is 23.1. The van der Waals surface area contributed by atoms with Gasteiger partial charge in [0.2, 0.25) is 0 Å². The molecule has 0 radical (unpaired) electrons. The Morgan fingerprint density at radius 2 is 1.74 bits per heavy atom. The van der Waals surface area contributed by atoms with Gasteiger partial charge < -0.3 is 16.2 Å². The zero-order valence-corrected chi connectivity index (χ0v) is 19.9. The van der Waals surface area contributed by atoms with Gasteiger partial charge in [-0.25, -0.2) is 8.42 Å². The van der Waals surface area contributed by atoms with Crippen LogP contribution in [0.25, 0.3) is 0 Å². The second-order valence-electron chi connectivity index (χ2n) is 9.05. The number of hydrogen-bond acceptors (Lipinski definition) is 6. The number of nitrogens with two attached hydrogens (primary N) is 1. The highest BCUT2D eigenvalue weighted by Crippen LogP contribution is 2.25. The van der Waals surface area contributed by atoms with Gasteiger partial charge in [0.1, 0.15) is 5.72 Å². The maximum Gasteiger partial charge on any atom is 0.178 e. The number of aryl methyl sites for hydroxylation is 1. The predicted octanol–water partition coefficient (Wildman–Crippen LogP) is 3.68. The van der Waals surface area contributed by atoms with Crippen molar-refractivity contribution in [1.82, 2.24) is 5.32 Å². The van der Waals surface area contributed by atoms with E-state index in [2.05, 4.69) is 24.5 Å². The molecule has 2 atom stereocenters. The molecule has 7 heteroatoms. The van der Waals surface area contributed by atoms with Crippen molar-refractivity contribution in [2.45, 2.75) is 51.2 Å². The van der Waals surface area contributed by atoms with Gasteiger partial charge in [0.15, 0.2) is 9.84 Å². The van der Waals surface area contributed by atoms with E-state index in [0.29, 0.717) is 36.8 Å². The van der Waals surface area contributed by atoms with Gasteiger partial charge >= 0.3 is 0 Å². The lowest BCUT2D eigenvalue weighted by Gasteiger charge is -2.27. The average Bonchev–Trinajstić information content (AvgIpc) is 2.70. The molecule has 0 saturated carbocycles. The SMILES string of the molecule is CC(C)CNc1cc(S(=O)(=O)C[C@H](C)CNC(C)(O)CCc2ccccc2)ccc1N. The van der Waals surface area contributed by atoms with Crippen LogP contribution in [0.5, 0.6) is 0 Å². The molecule has 0 heterocycles. The van der Waals surface area contributed by atoms with Gasteiger partial charge in [0, 0.05) is 13.1 Å².